The van der Waals surface area contributed by atoms with Crippen molar-refractivity contribution in [3.05, 3.63) is 92.0 Å². The summed E-state index contributed by atoms with van der Waals surface area (Å²) in [6.45, 7) is 28.9. The first kappa shape index (κ1) is 74.1. The molecular weight excluding hydrogens is 1360 g/mol. The molecule has 0 spiro atoms. The SMILES string of the molecule is C=C[C@@H]1C[C@]1(NC(=O)[C@@H]1C[C@@H](Oc2nccc3c2ccc2ccoc23)CN1C(=O)[C@@H](NC(=O)OC(C)(C)C)C(C)(C)C)C(=O)NS(=O)(=O)C1CC1.C=C[C@@H]1C[C@]1(NC(=O)[C@@H]1C[C@@H](Oc2nccc3c4c(ccc23)CCO4)CN1C(=O)[C@@H](NC(=O)OC(C)(C)C)C(C)(C)C)C(=O)NS(=O)(=O)C1CC1. The van der Waals surface area contributed by atoms with E-state index in [1.165, 1.54) is 22.0 Å². The third-order valence-electron chi connectivity index (χ3n) is 19.2. The summed E-state index contributed by atoms with van der Waals surface area (Å²) in [7, 11) is -7.79. The highest BCUT2D eigenvalue weighted by Gasteiger charge is 2.64. The third-order valence-corrected chi connectivity index (χ3v) is 22.8. The molecule has 5 aromatic rings. The van der Waals surface area contributed by atoms with Crippen LogP contribution in [0.3, 0.4) is 0 Å². The Balaban J connectivity index is 0.000000205. The number of sulfonamides is 2. The van der Waals surface area contributed by atoms with Crippen LogP contribution in [0.4, 0.5) is 9.59 Å². The number of furan rings is 1. The molecule has 4 aliphatic carbocycles. The van der Waals surface area contributed by atoms with Gasteiger partial charge in [-0.3, -0.25) is 38.2 Å². The van der Waals surface area contributed by atoms with Crippen LogP contribution in [0.25, 0.3) is 32.5 Å². The van der Waals surface area contributed by atoms with Gasteiger partial charge in [0.15, 0.2) is 0 Å². The van der Waals surface area contributed by atoms with E-state index in [2.05, 4.69) is 53.8 Å². The summed E-state index contributed by atoms with van der Waals surface area (Å²) in [6.07, 6.45) is 7.70. The summed E-state index contributed by atoms with van der Waals surface area (Å²) in [5.74, 6) is -3.84. The molecule has 6 fully saturated rings. The fourth-order valence-electron chi connectivity index (χ4n) is 13.3. The lowest BCUT2D eigenvalue weighted by Crippen LogP contribution is -2.60. The highest BCUT2D eigenvalue weighted by Crippen LogP contribution is 2.48. The molecule has 12 rings (SSSR count). The zero-order valence-corrected chi connectivity index (χ0v) is 61.2. The Morgan fingerprint density at radius 1 is 0.588 bits per heavy atom. The number of carbonyl (C=O) groups excluding carboxylic acids is 8. The minimum absolute atomic E-state index is 0.0127. The fraction of sp³-hybridized carbons (Fsp3) is 0.556. The molecule has 3 aromatic heterocycles. The zero-order valence-electron chi connectivity index (χ0n) is 59.6. The standard InChI is InChI=1S/C36H47N5O9S.C36H45N5O9S/c2*1-8-21-18-36(21,32(44)40-51(46,47)23-10-11-23)39-29(42)26-17-22(49-30-25-12-9-20-14-16-48-27(20)24(25)13-15-37-30)19-41(26)31(43)28(34(2,3)4)38-33(45)50-35(5,6)7/h8-9,12-13,15,21-23,26,28H,1,10-11,14,16-19H2,2-7H3,(H,38,45)(H,39,42)(H,40,44);8-9,12-16,21-23,26,28H,1,10-11,17-19H2,2-7H3,(H,38,45)(H,39,42)(H,40,44)/t2*21-,22-,26+,28-,36-/m11/s1. The van der Waals surface area contributed by atoms with Crippen molar-refractivity contribution < 1.29 is 83.3 Å². The van der Waals surface area contributed by atoms with Gasteiger partial charge in [0.05, 0.1) is 36.5 Å². The number of aromatic nitrogens is 2. The second-order valence-corrected chi connectivity index (χ2v) is 35.6. The Morgan fingerprint density at radius 3 is 1.43 bits per heavy atom. The predicted molar refractivity (Wildman–Crippen MR) is 375 cm³/mol. The Bertz CT molecular complexity index is 4450. The van der Waals surface area contributed by atoms with E-state index in [9.17, 15) is 55.2 Å². The quantitative estimate of drug-likeness (QED) is 0.0424. The minimum Gasteiger partial charge on any atom is -0.492 e. The van der Waals surface area contributed by atoms with E-state index in [4.69, 9.17) is 28.1 Å². The van der Waals surface area contributed by atoms with Gasteiger partial charge in [0.25, 0.3) is 11.8 Å². The molecule has 0 radical (unpaired) electrons. The van der Waals surface area contributed by atoms with Gasteiger partial charge in [-0.15, -0.1) is 13.2 Å². The number of carbonyl (C=O) groups is 8. The summed E-state index contributed by atoms with van der Waals surface area (Å²) in [5.41, 5.74) is -4.64. The van der Waals surface area contributed by atoms with Crippen LogP contribution in [0.15, 0.2) is 90.8 Å². The molecule has 0 bridgehead atoms. The van der Waals surface area contributed by atoms with Crippen molar-refractivity contribution in [2.75, 3.05) is 19.7 Å². The van der Waals surface area contributed by atoms with Crippen molar-refractivity contribution in [2.45, 2.75) is 210 Å². The number of pyridine rings is 2. The van der Waals surface area contributed by atoms with Crippen LogP contribution in [0.1, 0.15) is 140 Å². The van der Waals surface area contributed by atoms with Gasteiger partial charge in [-0.05, 0) is 127 Å². The number of hydrogen-bond acceptors (Lipinski definition) is 20. The number of rotatable bonds is 20. The first-order valence-electron chi connectivity index (χ1n) is 34.4. The molecule has 28 nitrogen and oxygen atoms in total. The van der Waals surface area contributed by atoms with Crippen molar-refractivity contribution in [1.82, 2.24) is 50.5 Å². The monoisotopic (exact) mass is 1450 g/mol. The third kappa shape index (κ3) is 15.9. The van der Waals surface area contributed by atoms with Crippen LogP contribution >= 0.6 is 0 Å². The maximum Gasteiger partial charge on any atom is 0.408 e. The van der Waals surface area contributed by atoms with E-state index >= 15 is 0 Å². The Kier molecular flexibility index (Phi) is 19.8. The molecule has 2 aromatic carbocycles. The van der Waals surface area contributed by atoms with E-state index in [1.807, 2.05) is 42.5 Å². The number of fused-ring (bicyclic) bond motifs is 6. The van der Waals surface area contributed by atoms with Gasteiger partial charge in [-0.1, -0.05) is 65.8 Å². The molecule has 8 amide bonds. The molecule has 10 atom stereocenters. The fourth-order valence-corrected chi connectivity index (χ4v) is 16.0. The van der Waals surface area contributed by atoms with Crippen molar-refractivity contribution in [2.24, 2.45) is 22.7 Å². The topological polar surface area (TPSA) is 369 Å². The van der Waals surface area contributed by atoms with Crippen LogP contribution in [-0.4, -0.2) is 173 Å². The van der Waals surface area contributed by atoms with Crippen LogP contribution in [0, 0.1) is 22.7 Å². The van der Waals surface area contributed by atoms with Crippen molar-refractivity contribution >= 4 is 100 Å². The average molecular weight is 1450 g/mol. The number of nitrogens with one attached hydrogen (secondary N) is 6. The lowest BCUT2D eigenvalue weighted by atomic mass is 9.85. The Hall–Kier alpha value is -9.06. The number of nitrogens with zero attached hydrogens (tertiary/aromatic N) is 4. The van der Waals surface area contributed by atoms with E-state index in [0.717, 1.165) is 33.9 Å². The van der Waals surface area contributed by atoms with Gasteiger partial charge in [-0.2, -0.15) is 0 Å². The predicted octanol–water partition coefficient (Wildman–Crippen LogP) is 7.06. The summed E-state index contributed by atoms with van der Waals surface area (Å²) in [4.78, 5) is 122. The van der Waals surface area contributed by atoms with Crippen molar-refractivity contribution in [3.63, 3.8) is 0 Å². The first-order valence-corrected chi connectivity index (χ1v) is 37.5. The molecule has 0 unspecified atom stereocenters. The molecule has 3 aliphatic heterocycles. The van der Waals surface area contributed by atoms with E-state index < -0.39 is 159 Å². The van der Waals surface area contributed by atoms with Gasteiger partial charge in [0.2, 0.25) is 55.4 Å². The van der Waals surface area contributed by atoms with E-state index in [0.29, 0.717) is 54.5 Å². The van der Waals surface area contributed by atoms with Gasteiger partial charge in [-0.25, -0.2) is 36.4 Å². The smallest absolute Gasteiger partial charge is 0.408 e. The number of likely N-dealkylation sites (tertiary alicyclic amines) is 2. The summed E-state index contributed by atoms with van der Waals surface area (Å²) in [5, 5.41) is 13.6. The molecule has 2 saturated heterocycles. The highest BCUT2D eigenvalue weighted by atomic mass is 32.2. The van der Waals surface area contributed by atoms with Crippen LogP contribution in [0.2, 0.25) is 0 Å². The second-order valence-electron chi connectivity index (χ2n) is 31.7. The Morgan fingerprint density at radius 2 is 1.02 bits per heavy atom. The summed E-state index contributed by atoms with van der Waals surface area (Å²) < 4.78 is 90.3. The van der Waals surface area contributed by atoms with Crippen molar-refractivity contribution in [1.29, 1.82) is 0 Å². The largest absolute Gasteiger partial charge is 0.492 e. The van der Waals surface area contributed by atoms with Gasteiger partial charge >= 0.3 is 12.2 Å². The normalized spacial score (nSPS) is 24.5. The first-order chi connectivity index (χ1) is 47.7. The maximum atomic E-state index is 14.5. The van der Waals surface area contributed by atoms with E-state index in [1.54, 1.807) is 102 Å². The molecule has 7 aliphatic rings. The second kappa shape index (κ2) is 27.3. The zero-order chi connectivity index (χ0) is 74.2. The van der Waals surface area contributed by atoms with Gasteiger partial charge in [0, 0.05) is 70.4 Å². The average Bonchev–Trinajstić information content (AvgIpc) is 1.57. The number of alkyl carbamates (subject to hydrolysis) is 2. The minimum atomic E-state index is -3.90. The number of hydrogen-bond donors (Lipinski definition) is 6. The van der Waals surface area contributed by atoms with Crippen LogP contribution in [-0.2, 0) is 64.7 Å². The highest BCUT2D eigenvalue weighted by molar-refractivity contribution is 7.91. The molecule has 6 heterocycles. The van der Waals surface area contributed by atoms with Crippen LogP contribution in [0.5, 0.6) is 17.5 Å². The lowest BCUT2D eigenvalue weighted by Gasteiger charge is -2.36. The molecule has 30 heteroatoms. The number of ether oxygens (including phenoxy) is 5. The van der Waals surface area contributed by atoms with E-state index in [-0.39, 0.29) is 44.7 Å². The lowest BCUT2D eigenvalue weighted by molar-refractivity contribution is -0.143. The number of benzene rings is 2. The molecule has 102 heavy (non-hydrogen) atoms. The van der Waals surface area contributed by atoms with Gasteiger partial charge < -0.3 is 59.2 Å². The van der Waals surface area contributed by atoms with Crippen molar-refractivity contribution in [3.8, 4) is 17.5 Å². The van der Waals surface area contributed by atoms with Gasteiger partial charge in [0.1, 0.15) is 70.0 Å². The molecule has 6 N–H and O–H groups in total. The summed E-state index contributed by atoms with van der Waals surface area (Å²) in [6, 6.07) is 8.59. The van der Waals surface area contributed by atoms with Crippen LogP contribution < -0.4 is 44.9 Å². The maximum absolute atomic E-state index is 14.5. The molecule has 4 saturated carbocycles. The Labute approximate surface area is 593 Å². The summed E-state index contributed by atoms with van der Waals surface area (Å²) >= 11 is 0. The molecule has 550 valence electrons. The number of amides is 8. The molecular formula is C72H92N10O18S2.